The van der Waals surface area contributed by atoms with Crippen LogP contribution >= 0.6 is 0 Å². The van der Waals surface area contributed by atoms with Gasteiger partial charge in [0.1, 0.15) is 6.10 Å². The van der Waals surface area contributed by atoms with Crippen molar-refractivity contribution in [1.82, 2.24) is 4.98 Å². The number of pyridine rings is 1. The van der Waals surface area contributed by atoms with Crippen molar-refractivity contribution in [1.29, 1.82) is 0 Å². The van der Waals surface area contributed by atoms with E-state index >= 15 is 0 Å². The number of ether oxygens (including phenoxy) is 1. The molecule has 0 spiro atoms. The predicted molar refractivity (Wildman–Crippen MR) is 119 cm³/mol. The normalized spacial score (nSPS) is 31.5. The van der Waals surface area contributed by atoms with Gasteiger partial charge in [0.25, 0.3) is 0 Å². The van der Waals surface area contributed by atoms with E-state index in [9.17, 15) is 15.0 Å². The summed E-state index contributed by atoms with van der Waals surface area (Å²) in [5.41, 5.74) is 1.16. The van der Waals surface area contributed by atoms with E-state index in [2.05, 4.69) is 18.0 Å². The Balaban J connectivity index is 2.16. The summed E-state index contributed by atoms with van der Waals surface area (Å²) < 4.78 is 5.74. The van der Waals surface area contributed by atoms with Gasteiger partial charge in [-0.2, -0.15) is 0 Å². The smallest absolute Gasteiger partial charge is 0.309 e. The molecular weight excluding hydrogens is 378 g/mol. The average molecular weight is 414 g/mol. The molecule has 1 aromatic heterocycles. The highest BCUT2D eigenvalue weighted by Crippen LogP contribution is 2.25. The van der Waals surface area contributed by atoms with Gasteiger partial charge in [0.15, 0.2) is 0 Å². The van der Waals surface area contributed by atoms with Crippen LogP contribution in [-0.4, -0.2) is 39.0 Å². The number of rotatable bonds is 4. The quantitative estimate of drug-likeness (QED) is 0.432. The Labute approximate surface area is 180 Å². The molecule has 2 heterocycles. The molecule has 0 aliphatic carbocycles. The number of aromatic nitrogens is 1. The summed E-state index contributed by atoms with van der Waals surface area (Å²) in [5.74, 6) is -0.258. The third-order valence-corrected chi connectivity index (χ3v) is 5.57. The second-order valence-electron chi connectivity index (χ2n) is 8.67. The molecule has 1 aromatic rings. The number of nitrogens with zero attached hydrogens (tertiary/aromatic N) is 1. The third kappa shape index (κ3) is 7.88. The Bertz CT molecular complexity index is 767. The number of carbonyl (C=O) groups is 1. The minimum Gasteiger partial charge on any atom is -0.457 e. The minimum atomic E-state index is -0.897. The van der Waals surface area contributed by atoms with Crippen LogP contribution in [0.3, 0.4) is 0 Å². The Kier molecular flexibility index (Phi) is 9.00. The van der Waals surface area contributed by atoms with E-state index in [1.165, 1.54) is 0 Å². The van der Waals surface area contributed by atoms with Crippen LogP contribution in [0.2, 0.25) is 0 Å². The summed E-state index contributed by atoms with van der Waals surface area (Å²) in [6.07, 6.45) is 13.6. The van der Waals surface area contributed by atoms with Gasteiger partial charge in [-0.3, -0.25) is 9.78 Å². The largest absolute Gasteiger partial charge is 0.457 e. The molecule has 0 amide bonds. The molecule has 0 radical (unpaired) electrons. The Morgan fingerprint density at radius 1 is 1.43 bits per heavy atom. The molecule has 2 rings (SSSR count). The lowest BCUT2D eigenvalue weighted by molar-refractivity contribution is -0.151. The van der Waals surface area contributed by atoms with Gasteiger partial charge < -0.3 is 14.9 Å². The Morgan fingerprint density at radius 3 is 2.90 bits per heavy atom. The maximum atomic E-state index is 12.4. The van der Waals surface area contributed by atoms with Crippen molar-refractivity contribution in [3.8, 4) is 0 Å². The van der Waals surface area contributed by atoms with Crippen molar-refractivity contribution in [3.63, 3.8) is 0 Å². The first kappa shape index (κ1) is 24.0. The van der Waals surface area contributed by atoms with Crippen molar-refractivity contribution < 1.29 is 19.7 Å². The van der Waals surface area contributed by atoms with Crippen molar-refractivity contribution in [3.05, 3.63) is 66.0 Å². The highest BCUT2D eigenvalue weighted by Gasteiger charge is 2.26. The number of cyclic esters (lactones) is 1. The first-order chi connectivity index (χ1) is 14.2. The predicted octanol–water partition coefficient (Wildman–Crippen LogP) is 4.48. The molecule has 30 heavy (non-hydrogen) atoms. The van der Waals surface area contributed by atoms with Crippen molar-refractivity contribution >= 4 is 5.97 Å². The van der Waals surface area contributed by atoms with Crippen LogP contribution in [-0.2, 0) is 9.53 Å². The first-order valence-corrected chi connectivity index (χ1v) is 10.7. The van der Waals surface area contributed by atoms with Crippen LogP contribution in [0, 0.1) is 5.92 Å². The van der Waals surface area contributed by atoms with E-state index in [-0.39, 0.29) is 18.3 Å². The fourth-order valence-corrected chi connectivity index (χ4v) is 3.54. The molecule has 0 fully saturated rings. The van der Waals surface area contributed by atoms with E-state index < -0.39 is 23.8 Å². The minimum absolute atomic E-state index is 0.0540. The lowest BCUT2D eigenvalue weighted by Gasteiger charge is -2.27. The molecule has 0 unspecified atom stereocenters. The fraction of sp³-hybridized carbons (Fsp3) is 0.520. The summed E-state index contributed by atoms with van der Waals surface area (Å²) in [4.78, 5) is 16.5. The molecule has 5 heteroatoms. The standard InChI is InChI=1S/C25H35NO4/c1-18(21-11-7-15-26-17-21)8-5-9-19(2)24-20(3)10-6-13-25(4,29)14-12-22(27)16-23(28)30-24/h5-11,15,17-18,20,22,24,27,29H,12-14,16H2,1-4H3/b8-5+,10-6+,19-9+/t18-,20-,22+,24+,25-/m0/s1. The summed E-state index contributed by atoms with van der Waals surface area (Å²) in [6, 6.07) is 3.96. The maximum Gasteiger partial charge on any atom is 0.309 e. The van der Waals surface area contributed by atoms with E-state index in [0.717, 1.165) is 11.1 Å². The van der Waals surface area contributed by atoms with E-state index in [0.29, 0.717) is 19.3 Å². The van der Waals surface area contributed by atoms with Crippen molar-refractivity contribution in [2.75, 3.05) is 0 Å². The van der Waals surface area contributed by atoms with E-state index in [1.807, 2.05) is 56.5 Å². The summed E-state index contributed by atoms with van der Waals surface area (Å²) in [7, 11) is 0. The molecule has 164 valence electrons. The van der Waals surface area contributed by atoms with Gasteiger partial charge in [-0.25, -0.2) is 0 Å². The maximum absolute atomic E-state index is 12.4. The molecule has 0 bridgehead atoms. The van der Waals surface area contributed by atoms with Gasteiger partial charge in [-0.15, -0.1) is 0 Å². The number of hydrogen-bond donors (Lipinski definition) is 2. The van der Waals surface area contributed by atoms with E-state index in [1.54, 1.807) is 13.1 Å². The summed E-state index contributed by atoms with van der Waals surface area (Å²) in [6.45, 7) is 7.80. The summed E-state index contributed by atoms with van der Waals surface area (Å²) >= 11 is 0. The number of allylic oxidation sites excluding steroid dienone is 3. The highest BCUT2D eigenvalue weighted by atomic mass is 16.5. The topological polar surface area (TPSA) is 79.7 Å². The van der Waals surface area contributed by atoms with Gasteiger partial charge >= 0.3 is 5.97 Å². The van der Waals surface area contributed by atoms with Crippen LogP contribution in [0.5, 0.6) is 0 Å². The van der Waals surface area contributed by atoms with Gasteiger partial charge in [0.2, 0.25) is 0 Å². The highest BCUT2D eigenvalue weighted by molar-refractivity contribution is 5.70. The number of aliphatic hydroxyl groups excluding tert-OH is 1. The number of aliphatic hydroxyl groups is 2. The van der Waals surface area contributed by atoms with Crippen molar-refractivity contribution in [2.24, 2.45) is 5.92 Å². The number of carbonyl (C=O) groups excluding carboxylic acids is 1. The Morgan fingerprint density at radius 2 is 2.20 bits per heavy atom. The number of esters is 1. The molecule has 0 saturated carbocycles. The van der Waals surface area contributed by atoms with Crippen LogP contribution in [0.25, 0.3) is 0 Å². The molecule has 5 nitrogen and oxygen atoms in total. The van der Waals surface area contributed by atoms with Crippen LogP contribution in [0.1, 0.15) is 64.9 Å². The van der Waals surface area contributed by atoms with Gasteiger partial charge in [-0.1, -0.05) is 50.3 Å². The second kappa shape index (κ2) is 11.2. The zero-order chi connectivity index (χ0) is 22.1. The fourth-order valence-electron chi connectivity index (χ4n) is 3.54. The average Bonchev–Trinajstić information content (AvgIpc) is 2.70. The molecule has 0 aromatic carbocycles. The first-order valence-electron chi connectivity index (χ1n) is 10.7. The SMILES string of the molecule is C/C(=C\C=C\[C@H](C)c1cccnc1)[C@H]1OC(=O)C[C@H](O)CC[C@@](C)(O)C/C=C/[C@@H]1C. The van der Waals surface area contributed by atoms with Gasteiger partial charge in [-0.05, 0) is 50.3 Å². The molecule has 2 N–H and O–H groups in total. The molecule has 1 aliphatic rings. The number of hydrogen-bond acceptors (Lipinski definition) is 5. The van der Waals surface area contributed by atoms with Crippen molar-refractivity contribution in [2.45, 2.75) is 77.1 Å². The van der Waals surface area contributed by atoms with Crippen LogP contribution in [0.15, 0.2) is 60.5 Å². The zero-order valence-corrected chi connectivity index (χ0v) is 18.5. The Hall–Kier alpha value is -2.24. The monoisotopic (exact) mass is 413 g/mol. The molecule has 1 aliphatic heterocycles. The molecule has 0 saturated heterocycles. The molecular formula is C25H35NO4. The van der Waals surface area contributed by atoms with Crippen LogP contribution < -0.4 is 0 Å². The molecule has 5 atom stereocenters. The van der Waals surface area contributed by atoms with Crippen LogP contribution in [0.4, 0.5) is 0 Å². The zero-order valence-electron chi connectivity index (χ0n) is 18.5. The van der Waals surface area contributed by atoms with E-state index in [4.69, 9.17) is 4.74 Å². The second-order valence-corrected chi connectivity index (χ2v) is 8.67. The summed E-state index contributed by atoms with van der Waals surface area (Å²) in [5, 5.41) is 20.6. The third-order valence-electron chi connectivity index (χ3n) is 5.57. The lowest BCUT2D eigenvalue weighted by atomic mass is 9.91. The van der Waals surface area contributed by atoms with Gasteiger partial charge in [0.05, 0.1) is 18.1 Å². The van der Waals surface area contributed by atoms with Gasteiger partial charge in [0, 0.05) is 24.2 Å². The lowest BCUT2D eigenvalue weighted by Crippen LogP contribution is -2.30.